The summed E-state index contributed by atoms with van der Waals surface area (Å²) in [4.78, 5) is 23.9. The molecule has 4 rings (SSSR count). The quantitative estimate of drug-likeness (QED) is 0.344. The highest BCUT2D eigenvalue weighted by atomic mass is 35.5. The molecule has 4 aromatic rings. The SMILES string of the molecule is CCN(c1ccccc1)S(=O)(=O)c1ccc(Cl)c(NC(=O)COc2ccc3ccc(=O)oc3c2)c1. The number of para-hydroxylation sites is 1. The van der Waals surface area contributed by atoms with E-state index in [0.717, 1.165) is 0 Å². The standard InChI is InChI=1S/C25H21ClN2O6S/c1-2-28(18-6-4-3-5-7-18)35(31,32)20-11-12-21(26)22(15-20)27-24(29)16-33-19-10-8-17-9-13-25(30)34-23(17)14-19/h3-15H,2,16H2,1H3,(H,27,29). The molecule has 8 nitrogen and oxygen atoms in total. The van der Waals surface area contributed by atoms with Gasteiger partial charge in [-0.1, -0.05) is 29.8 Å². The van der Waals surface area contributed by atoms with E-state index in [2.05, 4.69) is 5.32 Å². The van der Waals surface area contributed by atoms with Crippen molar-refractivity contribution in [1.29, 1.82) is 0 Å². The van der Waals surface area contributed by atoms with Crippen molar-refractivity contribution in [2.45, 2.75) is 11.8 Å². The average molecular weight is 513 g/mol. The molecule has 0 spiro atoms. The zero-order chi connectivity index (χ0) is 25.0. The third-order valence-electron chi connectivity index (χ3n) is 5.10. The number of anilines is 2. The summed E-state index contributed by atoms with van der Waals surface area (Å²) in [6, 6.07) is 20.6. The number of hydrogen-bond acceptors (Lipinski definition) is 6. The Balaban J connectivity index is 1.50. The van der Waals surface area contributed by atoms with Gasteiger partial charge in [-0.2, -0.15) is 0 Å². The van der Waals surface area contributed by atoms with E-state index in [9.17, 15) is 18.0 Å². The molecule has 0 aliphatic heterocycles. The third kappa shape index (κ3) is 5.47. The van der Waals surface area contributed by atoms with Crippen LogP contribution in [0.2, 0.25) is 5.02 Å². The highest BCUT2D eigenvalue weighted by Crippen LogP contribution is 2.29. The van der Waals surface area contributed by atoms with Crippen molar-refractivity contribution in [3.05, 3.63) is 94.3 Å². The van der Waals surface area contributed by atoms with Crippen LogP contribution >= 0.6 is 11.6 Å². The maximum absolute atomic E-state index is 13.3. The Bertz CT molecular complexity index is 1540. The van der Waals surface area contributed by atoms with E-state index in [-0.39, 0.29) is 28.8 Å². The number of halogens is 1. The minimum Gasteiger partial charge on any atom is -0.484 e. The lowest BCUT2D eigenvalue weighted by atomic mass is 10.2. The monoisotopic (exact) mass is 512 g/mol. The van der Waals surface area contributed by atoms with Gasteiger partial charge in [0.2, 0.25) is 0 Å². The normalized spacial score (nSPS) is 11.3. The van der Waals surface area contributed by atoms with Gasteiger partial charge < -0.3 is 14.5 Å². The lowest BCUT2D eigenvalue weighted by Gasteiger charge is -2.23. The Morgan fingerprint density at radius 3 is 2.51 bits per heavy atom. The lowest BCUT2D eigenvalue weighted by molar-refractivity contribution is -0.118. The molecule has 0 aliphatic carbocycles. The van der Waals surface area contributed by atoms with Crippen LogP contribution in [-0.4, -0.2) is 27.5 Å². The van der Waals surface area contributed by atoms with E-state index < -0.39 is 21.6 Å². The maximum atomic E-state index is 13.3. The fourth-order valence-electron chi connectivity index (χ4n) is 3.44. The molecule has 35 heavy (non-hydrogen) atoms. The maximum Gasteiger partial charge on any atom is 0.336 e. The van der Waals surface area contributed by atoms with Crippen molar-refractivity contribution >= 4 is 49.9 Å². The molecule has 1 amide bonds. The van der Waals surface area contributed by atoms with Crippen LogP contribution in [0.15, 0.2) is 93.0 Å². The Kier molecular flexibility index (Phi) is 7.09. The first-order valence-electron chi connectivity index (χ1n) is 10.6. The van der Waals surface area contributed by atoms with Gasteiger partial charge in [-0.25, -0.2) is 13.2 Å². The molecule has 3 aromatic carbocycles. The van der Waals surface area contributed by atoms with Gasteiger partial charge in [0.05, 0.1) is 21.3 Å². The van der Waals surface area contributed by atoms with Gasteiger partial charge in [0.25, 0.3) is 15.9 Å². The number of carbonyl (C=O) groups is 1. The van der Waals surface area contributed by atoms with Crippen LogP contribution in [0, 0.1) is 0 Å². The van der Waals surface area contributed by atoms with Crippen LogP contribution in [-0.2, 0) is 14.8 Å². The number of carbonyl (C=O) groups excluding carboxylic acids is 1. The Morgan fingerprint density at radius 2 is 1.77 bits per heavy atom. The first-order valence-corrected chi connectivity index (χ1v) is 12.4. The molecule has 0 bridgehead atoms. The number of ether oxygens (including phenoxy) is 1. The number of hydrogen-bond donors (Lipinski definition) is 1. The second-order valence-corrected chi connectivity index (χ2v) is 9.71. The molecule has 1 heterocycles. The fourth-order valence-corrected chi connectivity index (χ4v) is 5.10. The average Bonchev–Trinajstić information content (AvgIpc) is 2.84. The van der Waals surface area contributed by atoms with Crippen molar-refractivity contribution in [1.82, 2.24) is 0 Å². The molecule has 0 atom stereocenters. The van der Waals surface area contributed by atoms with Crippen molar-refractivity contribution in [2.75, 3.05) is 22.8 Å². The van der Waals surface area contributed by atoms with Crippen LogP contribution in [0.3, 0.4) is 0 Å². The summed E-state index contributed by atoms with van der Waals surface area (Å²) in [5, 5.41) is 3.47. The number of benzene rings is 3. The Hall–Kier alpha value is -3.82. The van der Waals surface area contributed by atoms with Gasteiger partial charge in [-0.05, 0) is 55.5 Å². The molecule has 0 aliphatic rings. The van der Waals surface area contributed by atoms with Gasteiger partial charge in [0, 0.05) is 24.1 Å². The Labute approximate surface area is 206 Å². The van der Waals surface area contributed by atoms with E-state index in [4.69, 9.17) is 20.8 Å². The zero-order valence-corrected chi connectivity index (χ0v) is 20.2. The van der Waals surface area contributed by atoms with Crippen molar-refractivity contribution in [3.63, 3.8) is 0 Å². The highest BCUT2D eigenvalue weighted by Gasteiger charge is 2.24. The number of rotatable bonds is 8. The summed E-state index contributed by atoms with van der Waals surface area (Å²) in [5.74, 6) is -0.225. The smallest absolute Gasteiger partial charge is 0.336 e. The molecule has 180 valence electrons. The first kappa shape index (κ1) is 24.3. The lowest BCUT2D eigenvalue weighted by Crippen LogP contribution is -2.30. The van der Waals surface area contributed by atoms with Crippen LogP contribution < -0.4 is 20.0 Å². The largest absolute Gasteiger partial charge is 0.484 e. The predicted molar refractivity (Wildman–Crippen MR) is 135 cm³/mol. The van der Waals surface area contributed by atoms with Crippen LogP contribution in [0.1, 0.15) is 6.92 Å². The van der Waals surface area contributed by atoms with Gasteiger partial charge in [-0.15, -0.1) is 0 Å². The molecular formula is C25H21ClN2O6S. The molecule has 0 saturated carbocycles. The molecule has 10 heteroatoms. The molecule has 1 aromatic heterocycles. The minimum atomic E-state index is -3.90. The van der Waals surface area contributed by atoms with Crippen molar-refractivity contribution < 1.29 is 22.4 Å². The van der Waals surface area contributed by atoms with E-state index >= 15 is 0 Å². The summed E-state index contributed by atoms with van der Waals surface area (Å²) in [6.07, 6.45) is 0. The van der Waals surface area contributed by atoms with Gasteiger partial charge in [0.1, 0.15) is 11.3 Å². The molecule has 0 fully saturated rings. The molecule has 0 radical (unpaired) electrons. The van der Waals surface area contributed by atoms with Crippen molar-refractivity contribution in [3.8, 4) is 5.75 Å². The van der Waals surface area contributed by atoms with Gasteiger partial charge >= 0.3 is 5.63 Å². The summed E-state index contributed by atoms with van der Waals surface area (Å²) in [7, 11) is -3.90. The summed E-state index contributed by atoms with van der Waals surface area (Å²) in [5.41, 5.74) is 0.492. The molecule has 1 N–H and O–H groups in total. The van der Waals surface area contributed by atoms with E-state index in [0.29, 0.717) is 22.4 Å². The van der Waals surface area contributed by atoms with Crippen LogP contribution in [0.5, 0.6) is 5.75 Å². The van der Waals surface area contributed by atoms with Gasteiger partial charge in [0.15, 0.2) is 6.61 Å². The topological polar surface area (TPSA) is 106 Å². The second kappa shape index (κ2) is 10.2. The zero-order valence-electron chi connectivity index (χ0n) is 18.6. The Morgan fingerprint density at radius 1 is 1.03 bits per heavy atom. The van der Waals surface area contributed by atoms with Crippen LogP contribution in [0.25, 0.3) is 11.0 Å². The number of nitrogens with one attached hydrogen (secondary N) is 1. The van der Waals surface area contributed by atoms with E-state index in [1.165, 1.54) is 34.6 Å². The summed E-state index contributed by atoms with van der Waals surface area (Å²) < 4.78 is 38.4. The third-order valence-corrected chi connectivity index (χ3v) is 7.32. The van der Waals surface area contributed by atoms with Gasteiger partial charge in [-0.3, -0.25) is 9.10 Å². The highest BCUT2D eigenvalue weighted by molar-refractivity contribution is 7.92. The molecular weight excluding hydrogens is 492 g/mol. The summed E-state index contributed by atoms with van der Waals surface area (Å²) in [6.45, 7) is 1.58. The second-order valence-electron chi connectivity index (χ2n) is 7.44. The number of nitrogens with zero attached hydrogens (tertiary/aromatic N) is 1. The van der Waals surface area contributed by atoms with E-state index in [1.807, 2.05) is 0 Å². The number of fused-ring (bicyclic) bond motifs is 1. The van der Waals surface area contributed by atoms with Crippen LogP contribution in [0.4, 0.5) is 11.4 Å². The molecule has 0 unspecified atom stereocenters. The number of sulfonamides is 1. The molecule has 0 saturated heterocycles. The first-order chi connectivity index (χ1) is 16.8. The predicted octanol–water partition coefficient (Wildman–Crippen LogP) is 4.68. The number of amides is 1. The summed E-state index contributed by atoms with van der Waals surface area (Å²) >= 11 is 6.21. The van der Waals surface area contributed by atoms with Crippen molar-refractivity contribution in [2.24, 2.45) is 0 Å². The minimum absolute atomic E-state index is 0.0200. The fraction of sp³-hybridized carbons (Fsp3) is 0.120. The van der Waals surface area contributed by atoms with E-state index in [1.54, 1.807) is 55.5 Å².